The summed E-state index contributed by atoms with van der Waals surface area (Å²) < 4.78 is 0. The highest BCUT2D eigenvalue weighted by molar-refractivity contribution is 7.98. The molecule has 18 heavy (non-hydrogen) atoms. The maximum atomic E-state index is 5.74. The van der Waals surface area contributed by atoms with E-state index in [4.69, 9.17) is 5.73 Å². The molecule has 2 rings (SSSR count). The average Bonchev–Trinajstić information content (AvgIpc) is 2.38. The van der Waals surface area contributed by atoms with Crippen molar-refractivity contribution in [3.63, 3.8) is 0 Å². The molecule has 0 atom stereocenters. The van der Waals surface area contributed by atoms with Gasteiger partial charge in [0, 0.05) is 16.6 Å². The van der Waals surface area contributed by atoms with Gasteiger partial charge in [-0.2, -0.15) is 0 Å². The van der Waals surface area contributed by atoms with Crippen molar-refractivity contribution in [3.05, 3.63) is 30.3 Å². The Labute approximate surface area is 115 Å². The normalized spacial score (nSPS) is 10.3. The van der Waals surface area contributed by atoms with Gasteiger partial charge in [0.05, 0.1) is 0 Å². The van der Waals surface area contributed by atoms with Crippen LogP contribution >= 0.6 is 23.5 Å². The Morgan fingerprint density at radius 3 is 2.67 bits per heavy atom. The number of anilines is 3. The summed E-state index contributed by atoms with van der Waals surface area (Å²) in [6, 6.07) is 9.87. The van der Waals surface area contributed by atoms with Gasteiger partial charge in [0.1, 0.15) is 11.6 Å². The lowest BCUT2D eigenvalue weighted by Crippen LogP contribution is -2.00. The van der Waals surface area contributed by atoms with E-state index < -0.39 is 0 Å². The maximum Gasteiger partial charge on any atom is 0.191 e. The van der Waals surface area contributed by atoms with E-state index in [1.165, 1.54) is 16.7 Å². The van der Waals surface area contributed by atoms with E-state index in [2.05, 4.69) is 27.4 Å². The molecule has 0 bridgehead atoms. The molecule has 0 aliphatic carbocycles. The molecule has 1 aromatic heterocycles. The lowest BCUT2D eigenvalue weighted by molar-refractivity contribution is 0.984. The molecular formula is C12H14N4S2. The third-order valence-electron chi connectivity index (χ3n) is 2.25. The van der Waals surface area contributed by atoms with Crippen molar-refractivity contribution < 1.29 is 0 Å². The van der Waals surface area contributed by atoms with Crippen molar-refractivity contribution in [2.24, 2.45) is 0 Å². The summed E-state index contributed by atoms with van der Waals surface area (Å²) in [6.07, 6.45) is 3.97. The molecule has 94 valence electrons. The molecule has 0 radical (unpaired) electrons. The first-order valence-corrected chi connectivity index (χ1v) is 7.76. The zero-order valence-corrected chi connectivity index (χ0v) is 11.8. The van der Waals surface area contributed by atoms with Crippen molar-refractivity contribution in [1.82, 2.24) is 9.97 Å². The molecule has 1 heterocycles. The first-order chi connectivity index (χ1) is 8.71. The Hall–Kier alpha value is -1.40. The third-order valence-corrected chi connectivity index (χ3v) is 3.52. The summed E-state index contributed by atoms with van der Waals surface area (Å²) >= 11 is 3.17. The summed E-state index contributed by atoms with van der Waals surface area (Å²) in [5, 5.41) is 3.90. The van der Waals surface area contributed by atoms with Gasteiger partial charge < -0.3 is 11.1 Å². The molecular weight excluding hydrogens is 264 g/mol. The number of hydrogen-bond acceptors (Lipinski definition) is 6. The number of thioether (sulfide) groups is 2. The predicted octanol–water partition coefficient (Wildman–Crippen LogP) is 3.25. The van der Waals surface area contributed by atoms with Crippen LogP contribution < -0.4 is 11.1 Å². The Bertz CT molecular complexity index is 545. The first kappa shape index (κ1) is 13.0. The van der Waals surface area contributed by atoms with E-state index in [-0.39, 0.29) is 0 Å². The molecule has 6 heteroatoms. The van der Waals surface area contributed by atoms with Gasteiger partial charge in [-0.15, -0.1) is 11.8 Å². The fraction of sp³-hybridized carbons (Fsp3) is 0.167. The predicted molar refractivity (Wildman–Crippen MR) is 79.7 cm³/mol. The molecule has 0 spiro atoms. The smallest absolute Gasteiger partial charge is 0.191 e. The average molecular weight is 278 g/mol. The van der Waals surface area contributed by atoms with E-state index in [1.54, 1.807) is 17.8 Å². The number of hydrogen-bond donors (Lipinski definition) is 2. The molecule has 0 aliphatic rings. The summed E-state index contributed by atoms with van der Waals surface area (Å²) in [5.41, 5.74) is 6.73. The molecule has 0 saturated carbocycles. The van der Waals surface area contributed by atoms with Gasteiger partial charge in [0.25, 0.3) is 0 Å². The van der Waals surface area contributed by atoms with Crippen LogP contribution in [0.5, 0.6) is 0 Å². The van der Waals surface area contributed by atoms with E-state index >= 15 is 0 Å². The minimum Gasteiger partial charge on any atom is -0.383 e. The van der Waals surface area contributed by atoms with Crippen LogP contribution in [0, 0.1) is 0 Å². The zero-order chi connectivity index (χ0) is 13.0. The Morgan fingerprint density at radius 1 is 1.11 bits per heavy atom. The highest BCUT2D eigenvalue weighted by atomic mass is 32.2. The molecule has 1 aromatic carbocycles. The molecule has 0 fully saturated rings. The second-order valence-corrected chi connectivity index (χ2v) is 5.17. The lowest BCUT2D eigenvalue weighted by Gasteiger charge is -2.08. The first-order valence-electron chi connectivity index (χ1n) is 5.31. The zero-order valence-electron chi connectivity index (χ0n) is 10.2. The number of benzene rings is 1. The minimum atomic E-state index is 0.470. The number of nitrogens with one attached hydrogen (secondary N) is 1. The molecule has 0 unspecified atom stereocenters. The maximum absolute atomic E-state index is 5.74. The number of nitrogens with two attached hydrogens (primary N) is 1. The van der Waals surface area contributed by atoms with E-state index in [0.717, 1.165) is 5.69 Å². The second kappa shape index (κ2) is 5.97. The molecule has 0 aliphatic heterocycles. The van der Waals surface area contributed by atoms with Crippen LogP contribution in [-0.2, 0) is 0 Å². The van der Waals surface area contributed by atoms with Crippen LogP contribution in [0.25, 0.3) is 0 Å². The fourth-order valence-electron chi connectivity index (χ4n) is 1.45. The van der Waals surface area contributed by atoms with E-state index in [9.17, 15) is 0 Å². The van der Waals surface area contributed by atoms with Gasteiger partial charge in [-0.25, -0.2) is 9.97 Å². The van der Waals surface area contributed by atoms with Gasteiger partial charge in [0.15, 0.2) is 5.16 Å². The summed E-state index contributed by atoms with van der Waals surface area (Å²) in [6.45, 7) is 0. The number of nitrogen functional groups attached to an aromatic ring is 1. The van der Waals surface area contributed by atoms with Crippen molar-refractivity contribution in [1.29, 1.82) is 0 Å². The summed E-state index contributed by atoms with van der Waals surface area (Å²) in [5.74, 6) is 1.18. The van der Waals surface area contributed by atoms with E-state index in [0.29, 0.717) is 16.8 Å². The van der Waals surface area contributed by atoms with Gasteiger partial charge in [-0.3, -0.25) is 0 Å². The Balaban J connectivity index is 2.24. The van der Waals surface area contributed by atoms with Gasteiger partial charge in [-0.1, -0.05) is 17.8 Å². The standard InChI is InChI=1S/C12H14N4S2/c1-17-9-5-3-4-8(6-9)14-11-7-10(13)15-12(16-11)18-2/h3-7H,1-2H3,(H3,13,14,15,16). The van der Waals surface area contributed by atoms with E-state index in [1.807, 2.05) is 24.6 Å². The van der Waals surface area contributed by atoms with Crippen molar-refractivity contribution in [2.75, 3.05) is 23.6 Å². The minimum absolute atomic E-state index is 0.470. The Kier molecular flexibility index (Phi) is 4.33. The van der Waals surface area contributed by atoms with Crippen molar-refractivity contribution in [3.8, 4) is 0 Å². The largest absolute Gasteiger partial charge is 0.383 e. The van der Waals surface area contributed by atoms with Crippen LogP contribution in [0.15, 0.2) is 40.4 Å². The SMILES string of the molecule is CSc1cccc(Nc2cc(N)nc(SC)n2)c1. The monoisotopic (exact) mass is 278 g/mol. The highest BCUT2D eigenvalue weighted by Gasteiger charge is 2.02. The number of rotatable bonds is 4. The van der Waals surface area contributed by atoms with Crippen LogP contribution in [0.1, 0.15) is 0 Å². The third kappa shape index (κ3) is 3.30. The topological polar surface area (TPSA) is 63.8 Å². The fourth-order valence-corrected chi connectivity index (χ4v) is 2.29. The van der Waals surface area contributed by atoms with Crippen LogP contribution in [0.3, 0.4) is 0 Å². The van der Waals surface area contributed by atoms with Gasteiger partial charge in [0.2, 0.25) is 0 Å². The molecule has 3 N–H and O–H groups in total. The molecule has 2 aromatic rings. The lowest BCUT2D eigenvalue weighted by atomic mass is 10.3. The summed E-state index contributed by atoms with van der Waals surface area (Å²) in [4.78, 5) is 9.67. The van der Waals surface area contributed by atoms with Crippen LogP contribution in [0.2, 0.25) is 0 Å². The van der Waals surface area contributed by atoms with Gasteiger partial charge >= 0.3 is 0 Å². The van der Waals surface area contributed by atoms with Crippen LogP contribution in [0.4, 0.5) is 17.3 Å². The van der Waals surface area contributed by atoms with Crippen LogP contribution in [-0.4, -0.2) is 22.5 Å². The second-order valence-electron chi connectivity index (χ2n) is 3.52. The number of nitrogens with zero attached hydrogens (tertiary/aromatic N) is 2. The van der Waals surface area contributed by atoms with Crippen molar-refractivity contribution in [2.45, 2.75) is 10.1 Å². The quantitative estimate of drug-likeness (QED) is 0.661. The van der Waals surface area contributed by atoms with Crippen molar-refractivity contribution >= 4 is 40.8 Å². The Morgan fingerprint density at radius 2 is 1.94 bits per heavy atom. The molecule has 4 nitrogen and oxygen atoms in total. The summed E-state index contributed by atoms with van der Waals surface area (Å²) in [7, 11) is 0. The molecule has 0 saturated heterocycles. The molecule has 0 amide bonds. The highest BCUT2D eigenvalue weighted by Crippen LogP contribution is 2.23. The number of aromatic nitrogens is 2. The van der Waals surface area contributed by atoms with Gasteiger partial charge in [-0.05, 0) is 30.7 Å².